The monoisotopic (exact) mass is 461 g/mol. The molecule has 0 aliphatic carbocycles. The van der Waals surface area contributed by atoms with Crippen LogP contribution >= 0.6 is 11.3 Å². The van der Waals surface area contributed by atoms with Crippen LogP contribution in [0.5, 0.6) is 0 Å². The minimum Gasteiger partial charge on any atom is -0.466 e. The minimum atomic E-state index is -0.634. The molecule has 3 heterocycles. The second-order valence-corrected chi connectivity index (χ2v) is 8.38. The van der Waals surface area contributed by atoms with Crippen LogP contribution in [0.15, 0.2) is 76.7 Å². The molecule has 0 radical (unpaired) electrons. The largest absolute Gasteiger partial charge is 0.466 e. The molecule has 0 atom stereocenters. The zero-order valence-corrected chi connectivity index (χ0v) is 19.5. The van der Waals surface area contributed by atoms with Gasteiger partial charge in [0.1, 0.15) is 5.01 Å². The standard InChI is InChI=1S/C25H23N3O4S/c1-14-20(24(29)31-3)22(21(15(2)27-14)25(30)32-4)17-6-5-7-18(12-17)23-28-19(13-33-23)16-8-10-26-11-9-16/h5-13,22,27H,1-4H3. The van der Waals surface area contributed by atoms with Crippen molar-refractivity contribution in [2.45, 2.75) is 19.8 Å². The van der Waals surface area contributed by atoms with Crippen molar-refractivity contribution in [3.05, 3.63) is 82.3 Å². The third-order valence-corrected chi connectivity index (χ3v) is 6.41. The molecule has 0 saturated carbocycles. The van der Waals surface area contributed by atoms with Gasteiger partial charge in [0.05, 0.1) is 37.0 Å². The van der Waals surface area contributed by atoms with E-state index in [2.05, 4.69) is 10.3 Å². The highest BCUT2D eigenvalue weighted by Gasteiger charge is 2.37. The summed E-state index contributed by atoms with van der Waals surface area (Å²) < 4.78 is 10.1. The molecule has 8 heteroatoms. The summed E-state index contributed by atoms with van der Waals surface area (Å²) in [5.41, 5.74) is 5.53. The molecule has 0 saturated heterocycles. The lowest BCUT2D eigenvalue weighted by Crippen LogP contribution is -2.32. The molecule has 168 valence electrons. The molecule has 4 rings (SSSR count). The first-order valence-corrected chi connectivity index (χ1v) is 11.1. The SMILES string of the molecule is COC(=O)C1=C(C)NC(C)=C(C(=O)OC)C1c1cccc(-c2nc(-c3ccncc3)cs2)c1. The number of hydrogen-bond acceptors (Lipinski definition) is 8. The maximum absolute atomic E-state index is 12.7. The smallest absolute Gasteiger partial charge is 0.336 e. The molecule has 1 aliphatic heterocycles. The van der Waals surface area contributed by atoms with Crippen molar-refractivity contribution in [1.29, 1.82) is 0 Å². The van der Waals surface area contributed by atoms with E-state index in [4.69, 9.17) is 14.5 Å². The summed E-state index contributed by atoms with van der Waals surface area (Å²) in [4.78, 5) is 34.3. The number of aromatic nitrogens is 2. The van der Waals surface area contributed by atoms with Crippen molar-refractivity contribution in [3.63, 3.8) is 0 Å². The third kappa shape index (κ3) is 4.29. The first kappa shape index (κ1) is 22.4. The molecule has 0 bridgehead atoms. The number of thiazole rings is 1. The molecular weight excluding hydrogens is 438 g/mol. The van der Waals surface area contributed by atoms with Gasteiger partial charge in [0.25, 0.3) is 0 Å². The van der Waals surface area contributed by atoms with E-state index in [1.165, 1.54) is 25.6 Å². The number of carbonyl (C=O) groups excluding carboxylic acids is 2. The van der Waals surface area contributed by atoms with Crippen molar-refractivity contribution in [1.82, 2.24) is 15.3 Å². The Hall–Kier alpha value is -3.78. The van der Waals surface area contributed by atoms with E-state index in [1.807, 2.05) is 41.8 Å². The van der Waals surface area contributed by atoms with Gasteiger partial charge in [-0.05, 0) is 37.6 Å². The Balaban J connectivity index is 1.81. The molecule has 0 unspecified atom stereocenters. The highest BCUT2D eigenvalue weighted by atomic mass is 32.1. The summed E-state index contributed by atoms with van der Waals surface area (Å²) >= 11 is 1.53. The van der Waals surface area contributed by atoms with Gasteiger partial charge < -0.3 is 14.8 Å². The summed E-state index contributed by atoms with van der Waals surface area (Å²) in [6.45, 7) is 3.59. The van der Waals surface area contributed by atoms with Crippen molar-refractivity contribution < 1.29 is 19.1 Å². The summed E-state index contributed by atoms with van der Waals surface area (Å²) in [6, 6.07) is 11.5. The fourth-order valence-electron chi connectivity index (χ4n) is 4.00. The fourth-order valence-corrected chi connectivity index (χ4v) is 4.83. The Labute approximate surface area is 195 Å². The Morgan fingerprint density at radius 3 is 2.18 bits per heavy atom. The van der Waals surface area contributed by atoms with Crippen LogP contribution in [-0.2, 0) is 19.1 Å². The molecule has 33 heavy (non-hydrogen) atoms. The molecule has 3 aromatic rings. The number of pyridine rings is 1. The number of methoxy groups -OCH3 is 2. The fraction of sp³-hybridized carbons (Fsp3) is 0.200. The summed E-state index contributed by atoms with van der Waals surface area (Å²) in [6.07, 6.45) is 3.47. The van der Waals surface area contributed by atoms with Crippen molar-refractivity contribution in [2.75, 3.05) is 14.2 Å². The summed E-state index contributed by atoms with van der Waals surface area (Å²) in [5.74, 6) is -1.64. The van der Waals surface area contributed by atoms with Crippen LogP contribution < -0.4 is 5.32 Å². The Bertz CT molecular complexity index is 1240. The van der Waals surface area contributed by atoms with E-state index in [0.717, 1.165) is 27.4 Å². The van der Waals surface area contributed by atoms with Gasteiger partial charge in [0.15, 0.2) is 0 Å². The molecule has 2 aromatic heterocycles. The molecule has 1 aliphatic rings. The second-order valence-electron chi connectivity index (χ2n) is 7.52. The van der Waals surface area contributed by atoms with Gasteiger partial charge in [-0.2, -0.15) is 0 Å². The third-order valence-electron chi connectivity index (χ3n) is 5.52. The van der Waals surface area contributed by atoms with Crippen LogP contribution in [0.4, 0.5) is 0 Å². The molecule has 0 fully saturated rings. The predicted molar refractivity (Wildman–Crippen MR) is 126 cm³/mol. The Morgan fingerprint density at radius 1 is 0.939 bits per heavy atom. The van der Waals surface area contributed by atoms with Gasteiger partial charge in [-0.1, -0.05) is 18.2 Å². The second kappa shape index (κ2) is 9.38. The molecule has 7 nitrogen and oxygen atoms in total. The zero-order chi connectivity index (χ0) is 23.5. The van der Waals surface area contributed by atoms with Crippen LogP contribution in [0, 0.1) is 0 Å². The average molecular weight is 462 g/mol. The highest BCUT2D eigenvalue weighted by Crippen LogP contribution is 2.40. The Kier molecular flexibility index (Phi) is 6.37. The van der Waals surface area contributed by atoms with Crippen LogP contribution in [0.1, 0.15) is 25.3 Å². The maximum atomic E-state index is 12.7. The highest BCUT2D eigenvalue weighted by molar-refractivity contribution is 7.13. The quantitative estimate of drug-likeness (QED) is 0.561. The number of carbonyl (C=O) groups is 2. The van der Waals surface area contributed by atoms with E-state index in [-0.39, 0.29) is 0 Å². The summed E-state index contributed by atoms with van der Waals surface area (Å²) in [5, 5.41) is 5.95. The molecule has 1 N–H and O–H groups in total. The van der Waals surface area contributed by atoms with Crippen LogP contribution in [-0.4, -0.2) is 36.1 Å². The zero-order valence-electron chi connectivity index (χ0n) is 18.7. The lowest BCUT2D eigenvalue weighted by molar-refractivity contribution is -0.137. The van der Waals surface area contributed by atoms with Gasteiger partial charge in [-0.15, -0.1) is 11.3 Å². The van der Waals surface area contributed by atoms with Gasteiger partial charge in [-0.25, -0.2) is 14.6 Å². The number of hydrogen-bond donors (Lipinski definition) is 1. The van der Waals surface area contributed by atoms with Crippen LogP contribution in [0.2, 0.25) is 0 Å². The van der Waals surface area contributed by atoms with Crippen LogP contribution in [0.25, 0.3) is 21.8 Å². The first-order chi connectivity index (χ1) is 15.9. The normalized spacial score (nSPS) is 14.2. The minimum absolute atomic E-state index is 0.372. The van der Waals surface area contributed by atoms with E-state index in [1.54, 1.807) is 26.2 Å². The number of dihydropyridines is 1. The topological polar surface area (TPSA) is 90.4 Å². The molecule has 1 aromatic carbocycles. The lowest BCUT2D eigenvalue weighted by Gasteiger charge is -2.30. The van der Waals surface area contributed by atoms with Gasteiger partial charge in [0.2, 0.25) is 0 Å². The number of nitrogens with one attached hydrogen (secondary N) is 1. The van der Waals surface area contributed by atoms with E-state index < -0.39 is 17.9 Å². The van der Waals surface area contributed by atoms with Crippen LogP contribution in [0.3, 0.4) is 0 Å². The average Bonchev–Trinajstić information content (AvgIpc) is 3.34. The Morgan fingerprint density at radius 2 is 1.58 bits per heavy atom. The van der Waals surface area contributed by atoms with E-state index in [0.29, 0.717) is 22.5 Å². The number of nitrogens with zero attached hydrogens (tertiary/aromatic N) is 2. The van der Waals surface area contributed by atoms with Crippen molar-refractivity contribution in [3.8, 4) is 21.8 Å². The maximum Gasteiger partial charge on any atom is 0.336 e. The number of ether oxygens (including phenoxy) is 2. The molecule has 0 spiro atoms. The number of benzene rings is 1. The van der Waals surface area contributed by atoms with Crippen molar-refractivity contribution in [2.24, 2.45) is 0 Å². The van der Waals surface area contributed by atoms with Gasteiger partial charge in [0, 0.05) is 40.3 Å². The van der Waals surface area contributed by atoms with Crippen molar-refractivity contribution >= 4 is 23.3 Å². The van der Waals surface area contributed by atoms with E-state index in [9.17, 15) is 9.59 Å². The number of esters is 2. The molecule has 0 amide bonds. The number of rotatable bonds is 5. The van der Waals surface area contributed by atoms with Gasteiger partial charge in [-0.3, -0.25) is 4.98 Å². The first-order valence-electron chi connectivity index (χ1n) is 10.3. The van der Waals surface area contributed by atoms with Gasteiger partial charge >= 0.3 is 11.9 Å². The lowest BCUT2D eigenvalue weighted by atomic mass is 9.80. The van der Waals surface area contributed by atoms with E-state index >= 15 is 0 Å². The predicted octanol–water partition coefficient (Wildman–Crippen LogP) is 4.45. The number of allylic oxidation sites excluding steroid dienone is 2. The molecular formula is C25H23N3O4S. The summed E-state index contributed by atoms with van der Waals surface area (Å²) in [7, 11) is 2.66.